The second-order valence-corrected chi connectivity index (χ2v) is 8.66. The summed E-state index contributed by atoms with van der Waals surface area (Å²) in [5.74, 6) is 0. The van der Waals surface area contributed by atoms with Crippen LogP contribution in [0.1, 0.15) is 5.56 Å². The van der Waals surface area contributed by atoms with Gasteiger partial charge in [-0.15, -0.1) is 0 Å². The molecule has 9 nitrogen and oxygen atoms in total. The van der Waals surface area contributed by atoms with Gasteiger partial charge in [0.05, 0.1) is 0 Å². The Morgan fingerprint density at radius 2 is 1.04 bits per heavy atom. The molecule has 23 heavy (non-hydrogen) atoms. The Labute approximate surface area is 131 Å². The molecule has 0 bridgehead atoms. The standard InChI is InChI=1S/C11H10O9S3/c1-6-7-4-2-3-5-8(7)10(22(15,16)17)11(23(18,19)20)9(6)21(12,13)14/h2-5H,1H3,(H,12,13,14)(H,15,16,17)(H,18,19,20). The van der Waals surface area contributed by atoms with E-state index in [2.05, 4.69) is 0 Å². The van der Waals surface area contributed by atoms with Gasteiger partial charge in [0.15, 0.2) is 0 Å². The summed E-state index contributed by atoms with van der Waals surface area (Å²) in [4.78, 5) is -4.24. The van der Waals surface area contributed by atoms with Crippen molar-refractivity contribution in [1.29, 1.82) is 0 Å². The lowest BCUT2D eigenvalue weighted by atomic mass is 10.1. The monoisotopic (exact) mass is 382 g/mol. The summed E-state index contributed by atoms with van der Waals surface area (Å²) in [6, 6.07) is 5.11. The normalized spacial score (nSPS) is 13.4. The van der Waals surface area contributed by atoms with Gasteiger partial charge >= 0.3 is 0 Å². The Morgan fingerprint density at radius 1 is 0.652 bits per heavy atom. The van der Waals surface area contributed by atoms with E-state index in [1.54, 1.807) is 0 Å². The Morgan fingerprint density at radius 3 is 1.43 bits per heavy atom. The fourth-order valence-corrected chi connectivity index (χ4v) is 6.01. The van der Waals surface area contributed by atoms with Crippen LogP contribution in [0.3, 0.4) is 0 Å². The Hall–Kier alpha value is -1.57. The summed E-state index contributed by atoms with van der Waals surface area (Å²) in [7, 11) is -15.9. The first-order valence-electron chi connectivity index (χ1n) is 5.74. The van der Waals surface area contributed by atoms with Crippen LogP contribution in [0.25, 0.3) is 10.8 Å². The van der Waals surface area contributed by atoms with Crippen LogP contribution >= 0.6 is 0 Å². The lowest BCUT2D eigenvalue weighted by molar-refractivity contribution is 0.456. The van der Waals surface area contributed by atoms with Crippen LogP contribution in [0, 0.1) is 6.92 Å². The van der Waals surface area contributed by atoms with E-state index < -0.39 is 45.0 Å². The third-order valence-electron chi connectivity index (χ3n) is 3.10. The van der Waals surface area contributed by atoms with Crippen molar-refractivity contribution in [3.8, 4) is 0 Å². The smallest absolute Gasteiger partial charge is 0.282 e. The van der Waals surface area contributed by atoms with Crippen molar-refractivity contribution < 1.29 is 38.9 Å². The van der Waals surface area contributed by atoms with Gasteiger partial charge in [-0.05, 0) is 17.9 Å². The highest BCUT2D eigenvalue weighted by molar-refractivity contribution is 7.90. The van der Waals surface area contributed by atoms with Crippen molar-refractivity contribution in [2.24, 2.45) is 0 Å². The molecule has 0 radical (unpaired) electrons. The molecule has 0 saturated heterocycles. The average molecular weight is 382 g/mol. The van der Waals surface area contributed by atoms with Crippen LogP contribution in [0.2, 0.25) is 0 Å². The molecule has 0 fully saturated rings. The van der Waals surface area contributed by atoms with E-state index >= 15 is 0 Å². The maximum absolute atomic E-state index is 11.6. The van der Waals surface area contributed by atoms with Crippen molar-refractivity contribution in [3.63, 3.8) is 0 Å². The highest BCUT2D eigenvalue weighted by Gasteiger charge is 2.36. The summed E-state index contributed by atoms with van der Waals surface area (Å²) < 4.78 is 97.3. The molecule has 3 N–H and O–H groups in total. The molecule has 0 atom stereocenters. The van der Waals surface area contributed by atoms with Crippen LogP contribution in [0.5, 0.6) is 0 Å². The van der Waals surface area contributed by atoms with E-state index in [4.69, 9.17) is 0 Å². The molecule has 0 spiro atoms. The number of fused-ring (bicyclic) bond motifs is 1. The molecule has 0 aliphatic heterocycles. The predicted molar refractivity (Wildman–Crippen MR) is 78.1 cm³/mol. The molecular formula is C11H10O9S3. The van der Waals surface area contributed by atoms with Crippen LogP contribution < -0.4 is 0 Å². The minimum Gasteiger partial charge on any atom is -0.282 e. The first-order valence-corrected chi connectivity index (χ1v) is 10.1. The summed E-state index contributed by atoms with van der Waals surface area (Å²) >= 11 is 0. The summed E-state index contributed by atoms with van der Waals surface area (Å²) in [6.07, 6.45) is 0. The van der Waals surface area contributed by atoms with Gasteiger partial charge in [-0.1, -0.05) is 24.3 Å². The molecule has 126 valence electrons. The second kappa shape index (κ2) is 5.22. The second-order valence-electron chi connectivity index (χ2n) is 4.58. The number of hydrogen-bond donors (Lipinski definition) is 3. The quantitative estimate of drug-likeness (QED) is 0.654. The van der Waals surface area contributed by atoms with Gasteiger partial charge in [0.25, 0.3) is 30.4 Å². The minimum absolute atomic E-state index is 0.0415. The SMILES string of the molecule is Cc1c(S(=O)(=O)O)c(S(=O)(=O)O)c(S(=O)(=O)O)c2ccccc12. The van der Waals surface area contributed by atoms with Crippen LogP contribution in [-0.4, -0.2) is 38.9 Å². The highest BCUT2D eigenvalue weighted by atomic mass is 32.2. The zero-order valence-corrected chi connectivity index (χ0v) is 13.8. The molecule has 0 amide bonds. The number of benzene rings is 2. The first-order chi connectivity index (χ1) is 10.3. The molecule has 2 aromatic carbocycles. The molecular weight excluding hydrogens is 372 g/mol. The molecule has 2 aromatic rings. The molecule has 0 saturated carbocycles. The molecule has 0 heterocycles. The molecule has 0 aliphatic carbocycles. The zero-order chi connectivity index (χ0) is 17.8. The van der Waals surface area contributed by atoms with Crippen molar-refractivity contribution in [2.75, 3.05) is 0 Å². The first kappa shape index (κ1) is 17.8. The molecule has 0 aliphatic rings. The van der Waals surface area contributed by atoms with Gasteiger partial charge in [0.2, 0.25) is 0 Å². The predicted octanol–water partition coefficient (Wildman–Crippen LogP) is 0.888. The Bertz CT molecular complexity index is 1130. The van der Waals surface area contributed by atoms with Gasteiger partial charge < -0.3 is 0 Å². The van der Waals surface area contributed by atoms with E-state index in [9.17, 15) is 38.9 Å². The Kier molecular flexibility index (Phi) is 4.04. The third kappa shape index (κ3) is 3.08. The van der Waals surface area contributed by atoms with Crippen molar-refractivity contribution in [2.45, 2.75) is 21.6 Å². The van der Waals surface area contributed by atoms with Crippen molar-refractivity contribution in [1.82, 2.24) is 0 Å². The van der Waals surface area contributed by atoms with E-state index in [0.717, 1.165) is 13.0 Å². The van der Waals surface area contributed by atoms with E-state index in [-0.39, 0.29) is 16.3 Å². The molecule has 12 heteroatoms. The summed E-state index contributed by atoms with van der Waals surface area (Å²) in [5.41, 5.74) is -0.303. The van der Waals surface area contributed by atoms with Crippen LogP contribution in [-0.2, 0) is 30.4 Å². The maximum Gasteiger partial charge on any atom is 0.297 e. The van der Waals surface area contributed by atoms with E-state index in [0.29, 0.717) is 0 Å². The average Bonchev–Trinajstić information content (AvgIpc) is 2.34. The lowest BCUT2D eigenvalue weighted by Gasteiger charge is -2.15. The molecule has 0 unspecified atom stereocenters. The largest absolute Gasteiger partial charge is 0.297 e. The van der Waals surface area contributed by atoms with Crippen molar-refractivity contribution in [3.05, 3.63) is 29.8 Å². The topological polar surface area (TPSA) is 163 Å². The number of rotatable bonds is 3. The fraction of sp³-hybridized carbons (Fsp3) is 0.0909. The highest BCUT2D eigenvalue weighted by Crippen LogP contribution is 2.38. The number of aryl methyl sites for hydroxylation is 1. The van der Waals surface area contributed by atoms with Gasteiger partial charge in [-0.3, -0.25) is 13.7 Å². The van der Waals surface area contributed by atoms with E-state index in [1.807, 2.05) is 0 Å². The van der Waals surface area contributed by atoms with Crippen LogP contribution in [0.15, 0.2) is 39.0 Å². The fourth-order valence-electron chi connectivity index (χ4n) is 2.33. The van der Waals surface area contributed by atoms with Gasteiger partial charge in [0.1, 0.15) is 14.7 Å². The molecule has 2 rings (SSSR count). The summed E-state index contributed by atoms with van der Waals surface area (Å²) in [5, 5.41) is -0.368. The molecule has 0 aromatic heterocycles. The van der Waals surface area contributed by atoms with Gasteiger partial charge in [-0.2, -0.15) is 25.3 Å². The van der Waals surface area contributed by atoms with Crippen molar-refractivity contribution >= 4 is 41.1 Å². The lowest BCUT2D eigenvalue weighted by Crippen LogP contribution is -2.16. The van der Waals surface area contributed by atoms with E-state index in [1.165, 1.54) is 18.2 Å². The van der Waals surface area contributed by atoms with Gasteiger partial charge in [0, 0.05) is 5.39 Å². The maximum atomic E-state index is 11.6. The minimum atomic E-state index is -5.42. The third-order valence-corrected chi connectivity index (χ3v) is 6.25. The van der Waals surface area contributed by atoms with Crippen LogP contribution in [0.4, 0.5) is 0 Å². The number of hydrogen-bond acceptors (Lipinski definition) is 6. The Balaban J connectivity index is 3.43. The summed E-state index contributed by atoms with van der Waals surface area (Å²) in [6.45, 7) is 1.12. The van der Waals surface area contributed by atoms with Gasteiger partial charge in [-0.25, -0.2) is 0 Å². The zero-order valence-electron chi connectivity index (χ0n) is 11.3.